The number of amides is 5. The number of ether oxygens (including phenoxy) is 1. The maximum Gasteiger partial charge on any atom is 0.331 e. The lowest BCUT2D eigenvalue weighted by Crippen LogP contribution is -2.62. The van der Waals surface area contributed by atoms with Crippen LogP contribution in [0.1, 0.15) is 51.0 Å². The van der Waals surface area contributed by atoms with Gasteiger partial charge in [0.1, 0.15) is 35.7 Å². The molecule has 0 saturated carbocycles. The van der Waals surface area contributed by atoms with Crippen LogP contribution < -0.4 is 37.8 Å². The number of nitrogens with one attached hydrogen (secondary N) is 7. The summed E-state index contributed by atoms with van der Waals surface area (Å²) in [4.78, 5) is 98.9. The maximum absolute atomic E-state index is 14.2. The second-order valence-corrected chi connectivity index (χ2v) is 16.7. The number of phenols is 1. The monoisotopic (exact) mass is 905 g/mol. The molecule has 20 nitrogen and oxygen atoms in total. The number of hydrogen-bond acceptors (Lipinski definition) is 12. The number of thioether (sulfide) groups is 1. The molecule has 5 rings (SSSR count). The first kappa shape index (κ1) is 48.5. The first-order chi connectivity index (χ1) is 30.4. The molecule has 21 heteroatoms. The molecule has 4 aromatic rings. The molecule has 5 amide bonds. The Balaban J connectivity index is 1.38. The number of para-hydroxylation sites is 1. The van der Waals surface area contributed by atoms with Gasteiger partial charge < -0.3 is 56.5 Å². The number of hydrogen-bond donors (Lipinski definition) is 10. The number of aliphatic hydroxyl groups is 1. The number of rotatable bonds is 20. The topological polar surface area (TPSA) is 289 Å². The van der Waals surface area contributed by atoms with Crippen LogP contribution in [0.3, 0.4) is 0 Å². The number of carbonyl (C=O) groups is 5. The summed E-state index contributed by atoms with van der Waals surface area (Å²) in [6.07, 6.45) is 3.32. The number of aromatic nitrogens is 3. The quantitative estimate of drug-likeness (QED) is 0.0594. The zero-order valence-electron chi connectivity index (χ0n) is 36.0. The Morgan fingerprint density at radius 1 is 0.969 bits per heavy atom. The van der Waals surface area contributed by atoms with Gasteiger partial charge in [-0.1, -0.05) is 44.2 Å². The van der Waals surface area contributed by atoms with Crippen LogP contribution in [-0.4, -0.2) is 126 Å². The van der Waals surface area contributed by atoms with Gasteiger partial charge in [0, 0.05) is 61.5 Å². The molecule has 0 spiro atoms. The number of benzene rings is 2. The van der Waals surface area contributed by atoms with Crippen LogP contribution in [0.2, 0.25) is 0 Å². The Hall–Kier alpha value is -6.58. The molecule has 7 atom stereocenters. The molecular weight excluding hydrogens is 851 g/mol. The normalized spacial score (nSPS) is 17.8. The highest BCUT2D eigenvalue weighted by Gasteiger charge is 2.37. The molecule has 344 valence electrons. The Morgan fingerprint density at radius 2 is 1.70 bits per heavy atom. The van der Waals surface area contributed by atoms with E-state index in [4.69, 9.17) is 4.74 Å². The van der Waals surface area contributed by atoms with Crippen molar-refractivity contribution in [1.82, 2.24) is 46.0 Å². The molecule has 10 N–H and O–H groups in total. The molecule has 1 fully saturated rings. The highest BCUT2D eigenvalue weighted by molar-refractivity contribution is 7.98. The number of carbonyl (C=O) groups excluding carboxylic acids is 4. The van der Waals surface area contributed by atoms with E-state index in [2.05, 4.69) is 36.6 Å². The van der Waals surface area contributed by atoms with Crippen LogP contribution >= 0.6 is 11.8 Å². The van der Waals surface area contributed by atoms with Crippen molar-refractivity contribution in [2.24, 2.45) is 0 Å². The number of phenolic OH excluding ortho intramolecular Hbond substituents is 1. The van der Waals surface area contributed by atoms with E-state index in [1.165, 1.54) is 35.8 Å². The van der Waals surface area contributed by atoms with Gasteiger partial charge in [0.05, 0.1) is 12.1 Å². The van der Waals surface area contributed by atoms with Gasteiger partial charge in [-0.3, -0.25) is 28.7 Å². The van der Waals surface area contributed by atoms with Crippen LogP contribution in [0.5, 0.6) is 5.75 Å². The van der Waals surface area contributed by atoms with Crippen LogP contribution in [0.4, 0.5) is 4.79 Å². The van der Waals surface area contributed by atoms with Crippen molar-refractivity contribution in [2.75, 3.05) is 19.1 Å². The third kappa shape index (κ3) is 12.8. The summed E-state index contributed by atoms with van der Waals surface area (Å²) in [5.74, 6) is -2.93. The molecule has 0 bridgehead atoms. The summed E-state index contributed by atoms with van der Waals surface area (Å²) in [7, 11) is 1.47. The SMILES string of the molecule is CSCCC(NC(=O)NC(Cc1c[nH]c2ccccc12)C(=O)O)C(=O)NC(C(=O)N/C=C1\C[C@@H](O)[C@H](n2ccc(=O)[nH]c2=O)O1)C(C)N(C)C(=O)C(Cc1cccc(O)c1)NC(C)C. The summed E-state index contributed by atoms with van der Waals surface area (Å²) in [6.45, 7) is 5.26. The maximum atomic E-state index is 14.2. The van der Waals surface area contributed by atoms with Crippen LogP contribution in [0.15, 0.2) is 88.5 Å². The zero-order valence-corrected chi connectivity index (χ0v) is 36.8. The number of aromatic hydroxyl groups is 1. The Morgan fingerprint density at radius 3 is 2.39 bits per heavy atom. The van der Waals surface area contributed by atoms with Crippen molar-refractivity contribution in [2.45, 2.75) is 95.0 Å². The van der Waals surface area contributed by atoms with Gasteiger partial charge in [-0.05, 0) is 61.1 Å². The van der Waals surface area contributed by atoms with Gasteiger partial charge in [-0.15, -0.1) is 0 Å². The third-order valence-corrected chi connectivity index (χ3v) is 11.3. The van der Waals surface area contributed by atoms with Crippen molar-refractivity contribution in [1.29, 1.82) is 0 Å². The fourth-order valence-corrected chi connectivity index (χ4v) is 7.72. The van der Waals surface area contributed by atoms with E-state index in [9.17, 15) is 48.9 Å². The fraction of sp³-hybridized carbons (Fsp3) is 0.419. The minimum absolute atomic E-state index is 0.0189. The van der Waals surface area contributed by atoms with Crippen LogP contribution in [0.25, 0.3) is 10.9 Å². The van der Waals surface area contributed by atoms with Gasteiger partial charge >= 0.3 is 17.7 Å². The van der Waals surface area contributed by atoms with Crippen LogP contribution in [0, 0.1) is 0 Å². The molecule has 2 aromatic heterocycles. The molecule has 2 aromatic carbocycles. The summed E-state index contributed by atoms with van der Waals surface area (Å²) < 4.78 is 6.74. The smallest absolute Gasteiger partial charge is 0.331 e. The summed E-state index contributed by atoms with van der Waals surface area (Å²) in [5.41, 5.74) is 0.634. The number of likely N-dealkylation sites (N-methyl/N-ethyl adjacent to an activating group) is 1. The van der Waals surface area contributed by atoms with Crippen LogP contribution in [-0.2, 0) is 36.8 Å². The van der Waals surface area contributed by atoms with Crippen molar-refractivity contribution < 1.29 is 44.0 Å². The van der Waals surface area contributed by atoms with Gasteiger partial charge in [0.15, 0.2) is 0 Å². The summed E-state index contributed by atoms with van der Waals surface area (Å²) in [5, 5.41) is 45.2. The van der Waals surface area contributed by atoms with E-state index >= 15 is 0 Å². The van der Waals surface area contributed by atoms with E-state index in [1.807, 2.05) is 38.1 Å². The molecule has 5 unspecified atom stereocenters. The van der Waals surface area contributed by atoms with Crippen molar-refractivity contribution in [3.63, 3.8) is 0 Å². The highest BCUT2D eigenvalue weighted by Crippen LogP contribution is 2.30. The molecule has 0 aliphatic carbocycles. The van der Waals surface area contributed by atoms with Gasteiger partial charge in [0.2, 0.25) is 23.9 Å². The predicted octanol–water partition coefficient (Wildman–Crippen LogP) is 1.02. The number of H-pyrrole nitrogens is 2. The summed E-state index contributed by atoms with van der Waals surface area (Å²) >= 11 is 1.38. The van der Waals surface area contributed by atoms with Gasteiger partial charge in [-0.25, -0.2) is 14.4 Å². The number of carboxylic acid groups (broad SMARTS) is 1. The molecule has 3 heterocycles. The van der Waals surface area contributed by atoms with E-state index in [1.54, 1.807) is 31.5 Å². The third-order valence-electron chi connectivity index (χ3n) is 10.7. The Bertz CT molecular complexity index is 2450. The molecule has 1 aliphatic heterocycles. The van der Waals surface area contributed by atoms with E-state index in [0.717, 1.165) is 33.9 Å². The molecule has 1 saturated heterocycles. The number of aliphatic carboxylic acids is 1. The predicted molar refractivity (Wildman–Crippen MR) is 238 cm³/mol. The first-order valence-corrected chi connectivity index (χ1v) is 21.9. The molecule has 0 radical (unpaired) electrons. The summed E-state index contributed by atoms with van der Waals surface area (Å²) in [6, 6.07) is 7.72. The number of urea groups is 1. The standard InChI is InChI=1S/C43H55N9O11S/c1-23(2)46-32(18-25-9-8-10-27(53)17-25)39(58)51(4)24(3)36(38(57)45-22-28-20-34(54)40(63-28)52-15-13-35(55)49-43(52)62)50-37(56)31(14-16-64-5)47-42(61)48-33(41(59)60)19-26-21-44-30-12-7-6-11-29(26)30/h6-13,15,17,21-24,31-34,36,40,44,46,53-54H,14,16,18-20H2,1-5H3,(H,45,57)(H,50,56)(H,59,60)(H2,47,48,61)(H,49,55,62)/b28-22+/t24?,31?,32?,33?,34-,36?,40-/m1/s1. The number of aliphatic hydroxyl groups excluding tert-OH is 1. The van der Waals surface area contributed by atoms with E-state index < -0.39 is 83.5 Å². The average molecular weight is 906 g/mol. The second kappa shape index (κ2) is 22.2. The Labute approximate surface area is 372 Å². The highest BCUT2D eigenvalue weighted by atomic mass is 32.2. The lowest BCUT2D eigenvalue weighted by Gasteiger charge is -2.35. The lowest BCUT2D eigenvalue weighted by molar-refractivity contribution is -0.139. The van der Waals surface area contributed by atoms with Gasteiger partial charge in [0.25, 0.3) is 5.56 Å². The minimum atomic E-state index is -1.49. The number of aromatic amines is 2. The van der Waals surface area contributed by atoms with Crippen molar-refractivity contribution >= 4 is 52.4 Å². The lowest BCUT2D eigenvalue weighted by atomic mass is 10.0. The van der Waals surface area contributed by atoms with Crippen molar-refractivity contribution in [3.05, 3.63) is 111 Å². The number of fused-ring (bicyclic) bond motifs is 1. The Kier molecular flexibility index (Phi) is 16.8. The average Bonchev–Trinajstić information content (AvgIpc) is 3.84. The minimum Gasteiger partial charge on any atom is -0.508 e. The van der Waals surface area contributed by atoms with E-state index in [-0.39, 0.29) is 43.2 Å². The fourth-order valence-electron chi connectivity index (χ4n) is 7.24. The number of nitrogens with zero attached hydrogens (tertiary/aromatic N) is 2. The molecule has 1 aliphatic rings. The zero-order chi connectivity index (χ0) is 46.7. The van der Waals surface area contributed by atoms with Gasteiger partial charge in [-0.2, -0.15) is 11.8 Å². The van der Waals surface area contributed by atoms with E-state index in [0.29, 0.717) is 16.9 Å². The largest absolute Gasteiger partial charge is 0.508 e. The molecular formula is C43H55N9O11S. The first-order valence-electron chi connectivity index (χ1n) is 20.6. The molecule has 64 heavy (non-hydrogen) atoms. The second-order valence-electron chi connectivity index (χ2n) is 15.7. The number of carboxylic acids is 1. The van der Waals surface area contributed by atoms with Crippen molar-refractivity contribution in [3.8, 4) is 5.75 Å².